The zero-order valence-electron chi connectivity index (χ0n) is 10.2. The van der Waals surface area contributed by atoms with E-state index >= 15 is 0 Å². The molecule has 0 N–H and O–H groups in total. The Balaban J connectivity index is 2.31. The van der Waals surface area contributed by atoms with Crippen LogP contribution in [0.1, 0.15) is 5.69 Å². The molecule has 5 heteroatoms. The molecule has 0 bridgehead atoms. The Labute approximate surface area is 112 Å². The van der Waals surface area contributed by atoms with E-state index in [9.17, 15) is 13.2 Å². The first-order valence-electron chi connectivity index (χ1n) is 5.95. The Bertz CT molecular complexity index is 752. The quantitative estimate of drug-likeness (QED) is 0.660. The van der Waals surface area contributed by atoms with Gasteiger partial charge >= 0.3 is 6.18 Å². The SMILES string of the molecule is FC(F)(F)c1nc(-c2ccccc2)nc2ccccc12. The first-order valence-corrected chi connectivity index (χ1v) is 5.95. The van der Waals surface area contributed by atoms with Crippen molar-refractivity contribution in [3.63, 3.8) is 0 Å². The maximum absolute atomic E-state index is 13.1. The van der Waals surface area contributed by atoms with E-state index in [-0.39, 0.29) is 16.7 Å². The van der Waals surface area contributed by atoms with Gasteiger partial charge in [-0.1, -0.05) is 48.5 Å². The molecule has 2 nitrogen and oxygen atoms in total. The second-order valence-electron chi connectivity index (χ2n) is 4.28. The highest BCUT2D eigenvalue weighted by Gasteiger charge is 2.35. The molecule has 2 aromatic carbocycles. The molecule has 0 aliphatic heterocycles. The van der Waals surface area contributed by atoms with Crippen molar-refractivity contribution < 1.29 is 13.2 Å². The molecule has 3 rings (SSSR count). The minimum absolute atomic E-state index is 0.0136. The number of alkyl halides is 3. The number of hydrogen-bond donors (Lipinski definition) is 0. The molecule has 0 aliphatic carbocycles. The molecule has 0 fully saturated rings. The molecule has 0 saturated heterocycles. The van der Waals surface area contributed by atoms with Gasteiger partial charge in [-0.25, -0.2) is 9.97 Å². The van der Waals surface area contributed by atoms with Crippen LogP contribution in [0.25, 0.3) is 22.3 Å². The lowest BCUT2D eigenvalue weighted by molar-refractivity contribution is -0.139. The van der Waals surface area contributed by atoms with Crippen LogP contribution in [0.5, 0.6) is 0 Å². The predicted molar refractivity (Wildman–Crippen MR) is 70.0 cm³/mol. The van der Waals surface area contributed by atoms with E-state index in [0.717, 1.165) is 0 Å². The van der Waals surface area contributed by atoms with E-state index < -0.39 is 11.9 Å². The Morgan fingerprint density at radius 1 is 0.750 bits per heavy atom. The first kappa shape index (κ1) is 12.6. The molecule has 0 spiro atoms. The Hall–Kier alpha value is -2.43. The van der Waals surface area contributed by atoms with Gasteiger partial charge in [-0.2, -0.15) is 13.2 Å². The van der Waals surface area contributed by atoms with Crippen LogP contribution in [0.15, 0.2) is 54.6 Å². The van der Waals surface area contributed by atoms with Gasteiger partial charge in [0.25, 0.3) is 0 Å². The summed E-state index contributed by atoms with van der Waals surface area (Å²) in [5, 5.41) is 0.0136. The summed E-state index contributed by atoms with van der Waals surface area (Å²) in [6, 6.07) is 14.8. The van der Waals surface area contributed by atoms with Crippen molar-refractivity contribution in [2.45, 2.75) is 6.18 Å². The Morgan fingerprint density at radius 3 is 2.10 bits per heavy atom. The van der Waals surface area contributed by atoms with Gasteiger partial charge in [0.15, 0.2) is 11.5 Å². The van der Waals surface area contributed by atoms with Crippen LogP contribution in [0.4, 0.5) is 13.2 Å². The van der Waals surface area contributed by atoms with Gasteiger partial charge in [-0.15, -0.1) is 0 Å². The van der Waals surface area contributed by atoms with Crippen LogP contribution in [-0.2, 0) is 6.18 Å². The zero-order chi connectivity index (χ0) is 14.2. The smallest absolute Gasteiger partial charge is 0.228 e. The van der Waals surface area contributed by atoms with E-state index in [0.29, 0.717) is 5.56 Å². The third kappa shape index (κ3) is 2.22. The number of halogens is 3. The number of rotatable bonds is 1. The fourth-order valence-corrected chi connectivity index (χ4v) is 2.01. The van der Waals surface area contributed by atoms with Gasteiger partial charge in [0, 0.05) is 10.9 Å². The van der Waals surface area contributed by atoms with Crippen LogP contribution in [0.3, 0.4) is 0 Å². The maximum atomic E-state index is 13.1. The van der Waals surface area contributed by atoms with Crippen LogP contribution in [0.2, 0.25) is 0 Å². The molecule has 100 valence electrons. The van der Waals surface area contributed by atoms with Crippen molar-refractivity contribution in [3.05, 3.63) is 60.3 Å². The van der Waals surface area contributed by atoms with Gasteiger partial charge in [0.05, 0.1) is 5.52 Å². The molecule has 0 unspecified atom stereocenters. The predicted octanol–water partition coefficient (Wildman–Crippen LogP) is 4.32. The maximum Gasteiger partial charge on any atom is 0.434 e. The van der Waals surface area contributed by atoms with Gasteiger partial charge in [0.2, 0.25) is 0 Å². The van der Waals surface area contributed by atoms with Crippen molar-refractivity contribution in [1.29, 1.82) is 0 Å². The third-order valence-corrected chi connectivity index (χ3v) is 2.90. The fraction of sp³-hybridized carbons (Fsp3) is 0.0667. The lowest BCUT2D eigenvalue weighted by Crippen LogP contribution is -2.10. The normalized spacial score (nSPS) is 11.8. The number of hydrogen-bond acceptors (Lipinski definition) is 2. The second kappa shape index (κ2) is 4.59. The van der Waals surface area contributed by atoms with Crippen LogP contribution < -0.4 is 0 Å². The lowest BCUT2D eigenvalue weighted by Gasteiger charge is -2.11. The number of nitrogens with zero attached hydrogens (tertiary/aromatic N) is 2. The summed E-state index contributed by atoms with van der Waals surface area (Å²) in [4.78, 5) is 7.91. The zero-order valence-corrected chi connectivity index (χ0v) is 10.2. The van der Waals surface area contributed by atoms with E-state index in [1.165, 1.54) is 6.07 Å². The molecule has 1 heterocycles. The van der Waals surface area contributed by atoms with Crippen LogP contribution >= 0.6 is 0 Å². The molecule has 0 atom stereocenters. The Kier molecular flexibility index (Phi) is 2.89. The van der Waals surface area contributed by atoms with Gasteiger partial charge in [-0.3, -0.25) is 0 Å². The van der Waals surface area contributed by atoms with Gasteiger partial charge < -0.3 is 0 Å². The number of benzene rings is 2. The van der Waals surface area contributed by atoms with E-state index in [1.54, 1.807) is 48.5 Å². The number of aromatic nitrogens is 2. The monoisotopic (exact) mass is 274 g/mol. The second-order valence-corrected chi connectivity index (χ2v) is 4.28. The minimum Gasteiger partial charge on any atom is -0.228 e. The van der Waals surface area contributed by atoms with Crippen molar-refractivity contribution >= 4 is 10.9 Å². The summed E-state index contributed by atoms with van der Waals surface area (Å²) in [5.74, 6) is 0.0802. The molecule has 0 aliphatic rings. The van der Waals surface area contributed by atoms with Gasteiger partial charge in [0.1, 0.15) is 0 Å². The fourth-order valence-electron chi connectivity index (χ4n) is 2.01. The summed E-state index contributed by atoms with van der Waals surface area (Å²) in [7, 11) is 0. The summed E-state index contributed by atoms with van der Waals surface area (Å²) >= 11 is 0. The molecule has 0 amide bonds. The number of para-hydroxylation sites is 1. The standard InChI is InChI=1S/C15H9F3N2/c16-15(17,18)13-11-8-4-5-9-12(11)19-14(20-13)10-6-2-1-3-7-10/h1-9H. The molecule has 0 radical (unpaired) electrons. The molecule has 0 saturated carbocycles. The van der Waals surface area contributed by atoms with Gasteiger partial charge in [-0.05, 0) is 6.07 Å². The van der Waals surface area contributed by atoms with Crippen molar-refractivity contribution in [1.82, 2.24) is 9.97 Å². The molecule has 3 aromatic rings. The highest BCUT2D eigenvalue weighted by Crippen LogP contribution is 2.34. The first-order chi connectivity index (χ1) is 9.55. The van der Waals surface area contributed by atoms with Crippen molar-refractivity contribution in [2.75, 3.05) is 0 Å². The summed E-state index contributed by atoms with van der Waals surface area (Å²) in [6.45, 7) is 0. The number of fused-ring (bicyclic) bond motifs is 1. The lowest BCUT2D eigenvalue weighted by atomic mass is 10.1. The molecular formula is C15H9F3N2. The average molecular weight is 274 g/mol. The van der Waals surface area contributed by atoms with E-state index in [1.807, 2.05) is 0 Å². The highest BCUT2D eigenvalue weighted by atomic mass is 19.4. The summed E-state index contributed by atoms with van der Waals surface area (Å²) in [5.41, 5.74) is -0.0561. The van der Waals surface area contributed by atoms with Crippen molar-refractivity contribution in [2.24, 2.45) is 0 Å². The average Bonchev–Trinajstić information content (AvgIpc) is 2.46. The molecule has 20 heavy (non-hydrogen) atoms. The molecular weight excluding hydrogens is 265 g/mol. The summed E-state index contributed by atoms with van der Waals surface area (Å²) in [6.07, 6.45) is -4.51. The Morgan fingerprint density at radius 2 is 1.40 bits per heavy atom. The topological polar surface area (TPSA) is 25.8 Å². The minimum atomic E-state index is -4.51. The van der Waals surface area contributed by atoms with E-state index in [2.05, 4.69) is 9.97 Å². The highest BCUT2D eigenvalue weighted by molar-refractivity contribution is 5.83. The van der Waals surface area contributed by atoms with Crippen LogP contribution in [-0.4, -0.2) is 9.97 Å². The third-order valence-electron chi connectivity index (χ3n) is 2.90. The summed E-state index contributed by atoms with van der Waals surface area (Å²) < 4.78 is 39.4. The van der Waals surface area contributed by atoms with E-state index in [4.69, 9.17) is 0 Å². The van der Waals surface area contributed by atoms with Crippen molar-refractivity contribution in [3.8, 4) is 11.4 Å². The van der Waals surface area contributed by atoms with Crippen LogP contribution in [0, 0.1) is 0 Å². The largest absolute Gasteiger partial charge is 0.434 e. The molecule has 1 aromatic heterocycles.